The third-order valence-corrected chi connectivity index (χ3v) is 3.68. The van der Waals surface area contributed by atoms with Gasteiger partial charge in [-0.25, -0.2) is 4.79 Å². The maximum absolute atomic E-state index is 12.3. The van der Waals surface area contributed by atoms with Gasteiger partial charge in [0.2, 0.25) is 0 Å². The topological polar surface area (TPSA) is 35.6 Å². The maximum Gasteiger partial charge on any atom is 0.325 e. The molecule has 1 unspecified atom stereocenters. The first-order chi connectivity index (χ1) is 8.27. The number of rotatable bonds is 1. The van der Waals surface area contributed by atoms with Crippen molar-refractivity contribution in [2.24, 2.45) is 0 Å². The molecule has 2 fully saturated rings. The van der Waals surface area contributed by atoms with Gasteiger partial charge in [0, 0.05) is 26.2 Å². The lowest BCUT2D eigenvalue weighted by Gasteiger charge is -2.28. The van der Waals surface area contributed by atoms with Crippen LogP contribution in [0.15, 0.2) is 24.3 Å². The molecule has 3 rings (SSSR count). The van der Waals surface area contributed by atoms with Gasteiger partial charge in [0.15, 0.2) is 0 Å². The van der Waals surface area contributed by atoms with E-state index in [0.717, 1.165) is 31.9 Å². The summed E-state index contributed by atoms with van der Waals surface area (Å²) in [6.45, 7) is 3.24. The van der Waals surface area contributed by atoms with E-state index in [-0.39, 0.29) is 24.5 Å². The molecule has 1 atom stereocenters. The zero-order chi connectivity index (χ0) is 11.8. The van der Waals surface area contributed by atoms with E-state index in [1.165, 1.54) is 0 Å². The number of para-hydroxylation sites is 1. The Balaban J connectivity index is 0.00000120. The number of fused-ring (bicyclic) bond motifs is 1. The molecule has 2 saturated heterocycles. The Labute approximate surface area is 117 Å². The Morgan fingerprint density at radius 3 is 2.83 bits per heavy atom. The summed E-state index contributed by atoms with van der Waals surface area (Å²) >= 11 is 6.14. The molecule has 2 aliphatic heterocycles. The van der Waals surface area contributed by atoms with Crippen molar-refractivity contribution in [1.82, 2.24) is 10.2 Å². The zero-order valence-electron chi connectivity index (χ0n) is 9.80. The van der Waals surface area contributed by atoms with Gasteiger partial charge >= 0.3 is 6.03 Å². The number of amides is 2. The van der Waals surface area contributed by atoms with Crippen LogP contribution in [-0.4, -0.2) is 43.2 Å². The largest absolute Gasteiger partial charge is 0.325 e. The Morgan fingerprint density at radius 2 is 2.11 bits per heavy atom. The summed E-state index contributed by atoms with van der Waals surface area (Å²) in [5.41, 5.74) is 0.813. The number of hydrogen-bond donors (Lipinski definition) is 1. The lowest BCUT2D eigenvalue weighted by atomic mass is 10.2. The van der Waals surface area contributed by atoms with Crippen LogP contribution in [0.25, 0.3) is 0 Å². The molecule has 1 aromatic carbocycles. The van der Waals surface area contributed by atoms with Crippen molar-refractivity contribution in [2.75, 3.05) is 31.1 Å². The van der Waals surface area contributed by atoms with Crippen LogP contribution in [0.4, 0.5) is 10.5 Å². The van der Waals surface area contributed by atoms with Crippen LogP contribution >= 0.6 is 24.0 Å². The fourth-order valence-electron chi connectivity index (χ4n) is 2.49. The summed E-state index contributed by atoms with van der Waals surface area (Å²) < 4.78 is 0. The number of urea groups is 1. The summed E-state index contributed by atoms with van der Waals surface area (Å²) in [7, 11) is 0. The van der Waals surface area contributed by atoms with Crippen LogP contribution < -0.4 is 10.2 Å². The summed E-state index contributed by atoms with van der Waals surface area (Å²) in [6.07, 6.45) is 0. The molecule has 4 nitrogen and oxygen atoms in total. The van der Waals surface area contributed by atoms with Crippen molar-refractivity contribution in [2.45, 2.75) is 6.04 Å². The van der Waals surface area contributed by atoms with Crippen molar-refractivity contribution in [3.63, 3.8) is 0 Å². The number of halogens is 2. The minimum absolute atomic E-state index is 0. The van der Waals surface area contributed by atoms with Gasteiger partial charge in [-0.05, 0) is 12.1 Å². The summed E-state index contributed by atoms with van der Waals surface area (Å²) in [6, 6.07) is 7.84. The van der Waals surface area contributed by atoms with Gasteiger partial charge in [-0.3, -0.25) is 4.90 Å². The van der Waals surface area contributed by atoms with E-state index in [4.69, 9.17) is 11.6 Å². The number of nitrogens with zero attached hydrogens (tertiary/aromatic N) is 2. The number of carbonyl (C=O) groups is 1. The van der Waals surface area contributed by atoms with Gasteiger partial charge in [0.25, 0.3) is 0 Å². The maximum atomic E-state index is 12.3. The number of piperazine rings is 1. The normalized spacial score (nSPS) is 22.7. The molecule has 2 aliphatic rings. The van der Waals surface area contributed by atoms with Crippen molar-refractivity contribution >= 4 is 35.7 Å². The Bertz CT molecular complexity index is 455. The number of nitrogens with one attached hydrogen (secondary N) is 1. The van der Waals surface area contributed by atoms with Crippen molar-refractivity contribution in [1.29, 1.82) is 0 Å². The quantitative estimate of drug-likeness (QED) is 0.857. The van der Waals surface area contributed by atoms with Gasteiger partial charge in [0.1, 0.15) is 0 Å². The molecule has 0 aliphatic carbocycles. The minimum Gasteiger partial charge on any atom is -0.317 e. The first kappa shape index (κ1) is 13.5. The average Bonchev–Trinajstić information content (AvgIpc) is 2.68. The van der Waals surface area contributed by atoms with E-state index in [2.05, 4.69) is 5.32 Å². The second-order valence-electron chi connectivity index (χ2n) is 4.40. The molecule has 6 heteroatoms. The van der Waals surface area contributed by atoms with E-state index < -0.39 is 0 Å². The smallest absolute Gasteiger partial charge is 0.317 e. The van der Waals surface area contributed by atoms with Crippen LogP contribution in [0.3, 0.4) is 0 Å². The molecule has 2 amide bonds. The number of hydrogen-bond acceptors (Lipinski definition) is 2. The van der Waals surface area contributed by atoms with Crippen molar-refractivity contribution in [3.05, 3.63) is 29.3 Å². The lowest BCUT2D eigenvalue weighted by molar-refractivity contribution is 0.193. The Kier molecular flexibility index (Phi) is 4.00. The fourth-order valence-corrected chi connectivity index (χ4v) is 2.73. The van der Waals surface area contributed by atoms with E-state index in [9.17, 15) is 4.79 Å². The zero-order valence-corrected chi connectivity index (χ0v) is 11.4. The third kappa shape index (κ3) is 2.16. The van der Waals surface area contributed by atoms with Gasteiger partial charge in [-0.2, -0.15) is 0 Å². The third-order valence-electron chi connectivity index (χ3n) is 3.36. The monoisotopic (exact) mass is 287 g/mol. The number of anilines is 1. The molecular weight excluding hydrogens is 273 g/mol. The molecule has 0 spiro atoms. The van der Waals surface area contributed by atoms with Crippen molar-refractivity contribution < 1.29 is 4.79 Å². The van der Waals surface area contributed by atoms with Gasteiger partial charge in [-0.15, -0.1) is 12.4 Å². The summed E-state index contributed by atoms with van der Waals surface area (Å²) in [5.74, 6) is 0. The van der Waals surface area contributed by atoms with Crippen LogP contribution in [0.2, 0.25) is 5.02 Å². The second kappa shape index (κ2) is 5.34. The van der Waals surface area contributed by atoms with Crippen LogP contribution in [0.5, 0.6) is 0 Å². The average molecular weight is 288 g/mol. The van der Waals surface area contributed by atoms with Crippen LogP contribution in [-0.2, 0) is 0 Å². The molecule has 18 heavy (non-hydrogen) atoms. The number of carbonyl (C=O) groups excluding carboxylic acids is 1. The highest BCUT2D eigenvalue weighted by molar-refractivity contribution is 6.33. The van der Waals surface area contributed by atoms with Gasteiger partial charge in [0.05, 0.1) is 16.8 Å². The highest BCUT2D eigenvalue weighted by atomic mass is 35.5. The molecule has 2 heterocycles. The van der Waals surface area contributed by atoms with Gasteiger partial charge < -0.3 is 10.2 Å². The first-order valence-corrected chi connectivity index (χ1v) is 6.18. The Morgan fingerprint density at radius 1 is 1.33 bits per heavy atom. The molecular formula is C12H15Cl2N3O. The van der Waals surface area contributed by atoms with Gasteiger partial charge in [-0.1, -0.05) is 23.7 Å². The predicted octanol–water partition coefficient (Wildman–Crippen LogP) is 1.98. The Hall–Kier alpha value is -0.970. The van der Waals surface area contributed by atoms with E-state index in [1.807, 2.05) is 29.2 Å². The SMILES string of the molecule is Cl.O=C1N(c2ccccc2Cl)CC2CNCCN12. The summed E-state index contributed by atoms with van der Waals surface area (Å²) in [5, 5.41) is 3.94. The van der Waals surface area contributed by atoms with E-state index in [1.54, 1.807) is 4.90 Å². The van der Waals surface area contributed by atoms with Crippen LogP contribution in [0.1, 0.15) is 0 Å². The van der Waals surface area contributed by atoms with Crippen molar-refractivity contribution in [3.8, 4) is 0 Å². The molecule has 98 valence electrons. The molecule has 0 radical (unpaired) electrons. The molecule has 0 saturated carbocycles. The standard InChI is InChI=1S/C12H14ClN3O.ClH/c13-10-3-1-2-4-11(10)16-8-9-7-14-5-6-15(9)12(16)17;/h1-4,9,14H,5-8H2;1H. The lowest BCUT2D eigenvalue weighted by Crippen LogP contribution is -2.49. The highest BCUT2D eigenvalue weighted by Gasteiger charge is 2.39. The number of benzene rings is 1. The molecule has 1 N–H and O–H groups in total. The minimum atomic E-state index is 0. The predicted molar refractivity (Wildman–Crippen MR) is 74.8 cm³/mol. The van der Waals surface area contributed by atoms with E-state index in [0.29, 0.717) is 5.02 Å². The summed E-state index contributed by atoms with van der Waals surface area (Å²) in [4.78, 5) is 16.0. The molecule has 0 bridgehead atoms. The highest BCUT2D eigenvalue weighted by Crippen LogP contribution is 2.30. The first-order valence-electron chi connectivity index (χ1n) is 5.81. The second-order valence-corrected chi connectivity index (χ2v) is 4.80. The molecule has 1 aromatic rings. The van der Waals surface area contributed by atoms with Crippen LogP contribution in [0, 0.1) is 0 Å². The fraction of sp³-hybridized carbons (Fsp3) is 0.417. The molecule has 0 aromatic heterocycles. The van der Waals surface area contributed by atoms with E-state index >= 15 is 0 Å².